The van der Waals surface area contributed by atoms with Gasteiger partial charge in [-0.2, -0.15) is 17.0 Å². The Morgan fingerprint density at radius 1 is 1.67 bits per heavy atom. The van der Waals surface area contributed by atoms with Gasteiger partial charge in [0.2, 0.25) is 0 Å². The molecule has 0 atom stereocenters. The Morgan fingerprint density at radius 3 is 1.83 bits per heavy atom. The van der Waals surface area contributed by atoms with Crippen LogP contribution in [0.3, 0.4) is 0 Å². The molecule has 6 heavy (non-hydrogen) atoms. The Balaban J connectivity index is 0.0000000833. The molecular formula is C3H5NS2. The summed E-state index contributed by atoms with van der Waals surface area (Å²) in [6, 6.07) is 0. The average molecular weight is 119 g/mol. The lowest BCUT2D eigenvalue weighted by atomic mass is 11.0. The van der Waals surface area contributed by atoms with Crippen molar-refractivity contribution in [1.82, 2.24) is 0 Å². The normalized spacial score (nSPS) is 13.3. The van der Waals surface area contributed by atoms with E-state index in [2.05, 4.69) is 12.6 Å². The van der Waals surface area contributed by atoms with Gasteiger partial charge in [0.25, 0.3) is 0 Å². The molecule has 1 aliphatic rings. The quantitative estimate of drug-likeness (QED) is 0.293. The van der Waals surface area contributed by atoms with E-state index in [0.29, 0.717) is 0 Å². The van der Waals surface area contributed by atoms with Crippen LogP contribution in [0.15, 0.2) is 0 Å². The number of nitriles is 1. The third kappa shape index (κ3) is 30.1. The fourth-order valence-corrected chi connectivity index (χ4v) is 0. The van der Waals surface area contributed by atoms with Crippen molar-refractivity contribution in [2.24, 2.45) is 0 Å². The fraction of sp³-hybridized carbons (Fsp3) is 0.667. The van der Waals surface area contributed by atoms with Crippen molar-refractivity contribution in [3.8, 4) is 5.40 Å². The van der Waals surface area contributed by atoms with Crippen molar-refractivity contribution in [2.45, 2.75) is 0 Å². The summed E-state index contributed by atoms with van der Waals surface area (Å²) in [6.45, 7) is 0. The molecule has 1 heterocycles. The topological polar surface area (TPSA) is 23.8 Å². The van der Waals surface area contributed by atoms with Crippen LogP contribution in [0.5, 0.6) is 0 Å². The SMILES string of the molecule is C1CS1.N#CS. The van der Waals surface area contributed by atoms with E-state index in [0.717, 1.165) is 0 Å². The van der Waals surface area contributed by atoms with Gasteiger partial charge in [-0.05, 0) is 0 Å². The summed E-state index contributed by atoms with van der Waals surface area (Å²) in [6.07, 6.45) is 0. The summed E-state index contributed by atoms with van der Waals surface area (Å²) in [5, 5.41) is 8.63. The second kappa shape index (κ2) is 5.19. The highest BCUT2D eigenvalue weighted by Gasteiger charge is 1.95. The fourth-order valence-electron chi connectivity index (χ4n) is 0. The van der Waals surface area contributed by atoms with E-state index < -0.39 is 0 Å². The number of thioether (sulfide) groups is 1. The molecule has 1 saturated heterocycles. The maximum Gasteiger partial charge on any atom is 0.130 e. The Bertz CT molecular complexity index is 51.5. The highest BCUT2D eigenvalue weighted by Crippen LogP contribution is 2.14. The Kier molecular flexibility index (Phi) is 5.35. The minimum Gasteiger partial charge on any atom is -0.185 e. The van der Waals surface area contributed by atoms with Crippen LogP contribution in [0.2, 0.25) is 0 Å². The van der Waals surface area contributed by atoms with Gasteiger partial charge in [0.15, 0.2) is 0 Å². The summed E-state index contributed by atoms with van der Waals surface area (Å²) < 4.78 is 0. The Morgan fingerprint density at radius 2 is 1.83 bits per heavy atom. The molecule has 0 aromatic carbocycles. The van der Waals surface area contributed by atoms with Crippen LogP contribution in [0.1, 0.15) is 0 Å². The van der Waals surface area contributed by atoms with Gasteiger partial charge < -0.3 is 0 Å². The third-order valence-corrected chi connectivity index (χ3v) is 0.612. The molecule has 1 fully saturated rings. The molecule has 0 N–H and O–H groups in total. The first-order chi connectivity index (χ1) is 2.91. The molecule has 0 unspecified atom stereocenters. The summed E-state index contributed by atoms with van der Waals surface area (Å²) in [5.74, 6) is 2.83. The first-order valence-electron chi connectivity index (χ1n) is 1.52. The lowest BCUT2D eigenvalue weighted by molar-refractivity contribution is 1.57. The van der Waals surface area contributed by atoms with E-state index in [-0.39, 0.29) is 0 Å². The molecule has 0 amide bonds. The smallest absolute Gasteiger partial charge is 0.130 e. The van der Waals surface area contributed by atoms with Gasteiger partial charge in [-0.1, -0.05) is 12.6 Å². The molecule has 1 aliphatic heterocycles. The van der Waals surface area contributed by atoms with Crippen LogP contribution >= 0.6 is 24.4 Å². The summed E-state index contributed by atoms with van der Waals surface area (Å²) in [4.78, 5) is 0. The van der Waals surface area contributed by atoms with Crippen LogP contribution in [0.4, 0.5) is 0 Å². The molecule has 0 saturated carbocycles. The van der Waals surface area contributed by atoms with Gasteiger partial charge in [0.05, 0.1) is 0 Å². The van der Waals surface area contributed by atoms with Crippen molar-refractivity contribution in [3.05, 3.63) is 0 Å². The first kappa shape index (κ1) is 6.19. The van der Waals surface area contributed by atoms with Crippen LogP contribution in [-0.4, -0.2) is 11.5 Å². The Labute approximate surface area is 47.1 Å². The molecule has 0 aliphatic carbocycles. The molecule has 0 spiro atoms. The molecule has 34 valence electrons. The van der Waals surface area contributed by atoms with Crippen molar-refractivity contribution < 1.29 is 0 Å². The molecule has 1 rings (SSSR count). The van der Waals surface area contributed by atoms with E-state index >= 15 is 0 Å². The van der Waals surface area contributed by atoms with Crippen LogP contribution in [0, 0.1) is 10.7 Å². The number of thiol groups is 1. The van der Waals surface area contributed by atoms with Crippen molar-refractivity contribution in [2.75, 3.05) is 11.5 Å². The molecule has 0 bridgehead atoms. The standard InChI is InChI=1S/C2H4S.CHNS/c1-2-3-1;2-1-3/h1-2H2;3H. The first-order valence-corrected chi connectivity index (χ1v) is 3.13. The molecular weight excluding hydrogens is 114 g/mol. The summed E-state index contributed by atoms with van der Waals surface area (Å²) >= 11 is 5.09. The number of hydrogen-bond acceptors (Lipinski definition) is 3. The summed E-state index contributed by atoms with van der Waals surface area (Å²) in [5.41, 5.74) is 0. The van der Waals surface area contributed by atoms with Crippen molar-refractivity contribution in [3.63, 3.8) is 0 Å². The lowest BCUT2D eigenvalue weighted by Crippen LogP contribution is -1.20. The molecule has 3 heteroatoms. The zero-order chi connectivity index (χ0) is 4.83. The van der Waals surface area contributed by atoms with Gasteiger partial charge in [0, 0.05) is 11.5 Å². The number of nitrogens with zero attached hydrogens (tertiary/aromatic N) is 1. The third-order valence-electron chi connectivity index (χ3n) is 0.204. The average Bonchev–Trinajstić information content (AvgIpc) is 2.11. The largest absolute Gasteiger partial charge is 0.185 e. The zero-order valence-corrected chi connectivity index (χ0v) is 4.93. The highest BCUT2D eigenvalue weighted by atomic mass is 32.2. The molecule has 1 nitrogen and oxygen atoms in total. The summed E-state index contributed by atoms with van der Waals surface area (Å²) in [7, 11) is 0. The number of rotatable bonds is 0. The van der Waals surface area contributed by atoms with Crippen molar-refractivity contribution >= 4 is 24.4 Å². The maximum absolute atomic E-state index is 7.18. The number of hydrogen-bond donors (Lipinski definition) is 1. The lowest BCUT2D eigenvalue weighted by Gasteiger charge is -1.14. The van der Waals surface area contributed by atoms with Gasteiger partial charge in [0.1, 0.15) is 5.40 Å². The van der Waals surface area contributed by atoms with Gasteiger partial charge in [-0.25, -0.2) is 0 Å². The van der Waals surface area contributed by atoms with Crippen LogP contribution in [-0.2, 0) is 0 Å². The van der Waals surface area contributed by atoms with E-state index in [1.54, 1.807) is 0 Å². The molecule has 0 aromatic rings. The van der Waals surface area contributed by atoms with Crippen LogP contribution in [0.25, 0.3) is 0 Å². The minimum atomic E-state index is 1.42. The van der Waals surface area contributed by atoms with Gasteiger partial charge >= 0.3 is 0 Å². The van der Waals surface area contributed by atoms with E-state index in [4.69, 9.17) is 5.26 Å². The van der Waals surface area contributed by atoms with Gasteiger partial charge in [-0.3, -0.25) is 0 Å². The highest BCUT2D eigenvalue weighted by molar-refractivity contribution is 8.06. The van der Waals surface area contributed by atoms with Crippen molar-refractivity contribution in [1.29, 1.82) is 5.26 Å². The molecule has 0 aromatic heterocycles. The van der Waals surface area contributed by atoms with Crippen LogP contribution < -0.4 is 0 Å². The number of thiocyanates is 1. The van der Waals surface area contributed by atoms with Gasteiger partial charge in [-0.15, -0.1) is 0 Å². The van der Waals surface area contributed by atoms with E-state index in [1.165, 1.54) is 16.9 Å². The molecule has 0 radical (unpaired) electrons. The predicted octanol–water partition coefficient (Wildman–Crippen LogP) is 1.13. The van der Waals surface area contributed by atoms with E-state index in [9.17, 15) is 0 Å². The minimum absolute atomic E-state index is 1.42. The predicted molar refractivity (Wildman–Crippen MR) is 31.9 cm³/mol. The zero-order valence-electron chi connectivity index (χ0n) is 3.22. The van der Waals surface area contributed by atoms with E-state index in [1.807, 2.05) is 11.8 Å². The Hall–Kier alpha value is 0.190. The maximum atomic E-state index is 7.18. The second-order valence-corrected chi connectivity index (χ2v) is 2.14. The monoisotopic (exact) mass is 119 g/mol. The second-order valence-electron chi connectivity index (χ2n) is 0.712.